The third-order valence-corrected chi connectivity index (χ3v) is 3.03. The number of nitrogen functional groups attached to an aromatic ring is 1. The van der Waals surface area contributed by atoms with Crippen molar-refractivity contribution in [3.8, 4) is 5.75 Å². The van der Waals surface area contributed by atoms with Gasteiger partial charge in [0.15, 0.2) is 0 Å². The van der Waals surface area contributed by atoms with E-state index in [2.05, 4.69) is 11.9 Å². The zero-order valence-electron chi connectivity index (χ0n) is 11.5. The zero-order chi connectivity index (χ0) is 13.7. The van der Waals surface area contributed by atoms with Gasteiger partial charge in [-0.2, -0.15) is 0 Å². The Morgan fingerprint density at radius 2 is 2.05 bits per heavy atom. The molecule has 3 heteroatoms. The number of aryl methyl sites for hydroxylation is 2. The van der Waals surface area contributed by atoms with Crippen molar-refractivity contribution in [2.24, 2.45) is 0 Å². The fourth-order valence-corrected chi connectivity index (χ4v) is 2.02. The second-order valence-corrected chi connectivity index (χ2v) is 4.59. The lowest BCUT2D eigenvalue weighted by Crippen LogP contribution is -2.05. The minimum absolute atomic E-state index is 0.632. The lowest BCUT2D eigenvalue weighted by atomic mass is 10.1. The highest BCUT2D eigenvalue weighted by Gasteiger charge is 2.03. The number of nitrogens with zero attached hydrogens (tertiary/aromatic N) is 1. The third-order valence-electron chi connectivity index (χ3n) is 3.03. The molecule has 0 saturated heterocycles. The summed E-state index contributed by atoms with van der Waals surface area (Å²) in [6, 6.07) is 11.8. The number of aromatic nitrogens is 1. The standard InChI is InChI=1S/C16H20N2O/c1-3-13-11-14(17)7-8-16(13)19-10-9-15-6-4-5-12(2)18-15/h4-8,11H,3,9-10,17H2,1-2H3. The van der Waals surface area contributed by atoms with Gasteiger partial charge in [-0.15, -0.1) is 0 Å². The summed E-state index contributed by atoms with van der Waals surface area (Å²) >= 11 is 0. The molecule has 0 amide bonds. The first-order valence-corrected chi connectivity index (χ1v) is 6.62. The molecule has 3 nitrogen and oxygen atoms in total. The van der Waals surface area contributed by atoms with Gasteiger partial charge in [0.05, 0.1) is 6.61 Å². The molecule has 19 heavy (non-hydrogen) atoms. The van der Waals surface area contributed by atoms with Gasteiger partial charge in [-0.25, -0.2) is 0 Å². The summed E-state index contributed by atoms with van der Waals surface area (Å²) in [4.78, 5) is 4.46. The molecule has 0 unspecified atom stereocenters. The Balaban J connectivity index is 1.96. The zero-order valence-corrected chi connectivity index (χ0v) is 11.5. The first-order valence-electron chi connectivity index (χ1n) is 6.62. The van der Waals surface area contributed by atoms with Crippen LogP contribution in [0.2, 0.25) is 0 Å². The highest BCUT2D eigenvalue weighted by atomic mass is 16.5. The van der Waals surface area contributed by atoms with E-state index < -0.39 is 0 Å². The van der Waals surface area contributed by atoms with Gasteiger partial charge in [-0.1, -0.05) is 13.0 Å². The van der Waals surface area contributed by atoms with Crippen molar-refractivity contribution in [1.29, 1.82) is 0 Å². The van der Waals surface area contributed by atoms with Crippen molar-refractivity contribution in [3.05, 3.63) is 53.3 Å². The normalized spacial score (nSPS) is 10.4. The van der Waals surface area contributed by atoms with Crippen LogP contribution in [-0.2, 0) is 12.8 Å². The maximum Gasteiger partial charge on any atom is 0.122 e. The Bertz CT molecular complexity index is 552. The SMILES string of the molecule is CCc1cc(N)ccc1OCCc1cccc(C)n1. The van der Waals surface area contributed by atoms with Crippen molar-refractivity contribution < 1.29 is 4.74 Å². The van der Waals surface area contributed by atoms with Crippen LogP contribution in [0, 0.1) is 6.92 Å². The van der Waals surface area contributed by atoms with Crippen LogP contribution in [0.4, 0.5) is 5.69 Å². The van der Waals surface area contributed by atoms with Gasteiger partial charge in [0.1, 0.15) is 5.75 Å². The van der Waals surface area contributed by atoms with E-state index in [-0.39, 0.29) is 0 Å². The molecule has 0 atom stereocenters. The van der Waals surface area contributed by atoms with Crippen molar-refractivity contribution in [1.82, 2.24) is 4.98 Å². The van der Waals surface area contributed by atoms with Crippen LogP contribution in [0.5, 0.6) is 5.75 Å². The van der Waals surface area contributed by atoms with Crippen LogP contribution in [0.1, 0.15) is 23.9 Å². The Morgan fingerprint density at radius 3 is 2.79 bits per heavy atom. The number of hydrogen-bond acceptors (Lipinski definition) is 3. The molecule has 0 aliphatic carbocycles. The molecule has 0 saturated carbocycles. The van der Waals surface area contributed by atoms with Gasteiger partial charge in [0.25, 0.3) is 0 Å². The van der Waals surface area contributed by atoms with E-state index in [9.17, 15) is 0 Å². The first kappa shape index (κ1) is 13.4. The minimum atomic E-state index is 0.632. The van der Waals surface area contributed by atoms with Crippen LogP contribution in [0.3, 0.4) is 0 Å². The van der Waals surface area contributed by atoms with Gasteiger partial charge in [-0.05, 0) is 49.2 Å². The minimum Gasteiger partial charge on any atom is -0.493 e. The molecule has 0 bridgehead atoms. The van der Waals surface area contributed by atoms with E-state index in [4.69, 9.17) is 10.5 Å². The molecule has 0 radical (unpaired) electrons. The van der Waals surface area contributed by atoms with Crippen LogP contribution in [0.25, 0.3) is 0 Å². The molecule has 1 aromatic carbocycles. The molecule has 1 heterocycles. The molecule has 2 N–H and O–H groups in total. The molecule has 1 aromatic heterocycles. The Labute approximate surface area is 114 Å². The highest BCUT2D eigenvalue weighted by Crippen LogP contribution is 2.22. The van der Waals surface area contributed by atoms with Crippen LogP contribution in [0.15, 0.2) is 36.4 Å². The Morgan fingerprint density at radius 1 is 1.21 bits per heavy atom. The molecular formula is C16H20N2O. The van der Waals surface area contributed by atoms with Crippen LogP contribution in [-0.4, -0.2) is 11.6 Å². The second-order valence-electron chi connectivity index (χ2n) is 4.59. The van der Waals surface area contributed by atoms with E-state index in [1.54, 1.807) is 0 Å². The molecule has 0 aliphatic rings. The summed E-state index contributed by atoms with van der Waals surface area (Å²) in [6.07, 6.45) is 1.73. The smallest absolute Gasteiger partial charge is 0.122 e. The Hall–Kier alpha value is -2.03. The van der Waals surface area contributed by atoms with E-state index >= 15 is 0 Å². The van der Waals surface area contributed by atoms with Gasteiger partial charge in [0, 0.05) is 23.5 Å². The van der Waals surface area contributed by atoms with Crippen LogP contribution >= 0.6 is 0 Å². The van der Waals surface area contributed by atoms with Crippen molar-refractivity contribution in [3.63, 3.8) is 0 Å². The predicted molar refractivity (Wildman–Crippen MR) is 78.4 cm³/mol. The molecule has 0 spiro atoms. The number of hydrogen-bond donors (Lipinski definition) is 1. The molecule has 0 aliphatic heterocycles. The molecule has 2 aromatic rings. The second kappa shape index (κ2) is 6.23. The number of anilines is 1. The van der Waals surface area contributed by atoms with Gasteiger partial charge in [0.2, 0.25) is 0 Å². The largest absolute Gasteiger partial charge is 0.493 e. The summed E-state index contributed by atoms with van der Waals surface area (Å²) in [5, 5.41) is 0. The average molecular weight is 256 g/mol. The maximum absolute atomic E-state index is 5.83. The molecule has 0 fully saturated rings. The number of nitrogens with two attached hydrogens (primary N) is 1. The summed E-state index contributed by atoms with van der Waals surface area (Å²) in [5.41, 5.74) is 9.81. The quantitative estimate of drug-likeness (QED) is 0.836. The predicted octanol–water partition coefficient (Wildman–Crippen LogP) is 3.16. The van der Waals surface area contributed by atoms with E-state index in [1.165, 1.54) is 0 Å². The molecule has 2 rings (SSSR count). The van der Waals surface area contributed by atoms with E-state index in [0.29, 0.717) is 6.61 Å². The fraction of sp³-hybridized carbons (Fsp3) is 0.312. The number of benzene rings is 1. The lowest BCUT2D eigenvalue weighted by molar-refractivity contribution is 0.317. The fourth-order valence-electron chi connectivity index (χ4n) is 2.02. The molecular weight excluding hydrogens is 236 g/mol. The van der Waals surface area contributed by atoms with E-state index in [0.717, 1.165) is 41.2 Å². The van der Waals surface area contributed by atoms with Gasteiger partial charge < -0.3 is 10.5 Å². The number of pyridine rings is 1. The van der Waals surface area contributed by atoms with Crippen molar-refractivity contribution in [2.75, 3.05) is 12.3 Å². The Kier molecular flexibility index (Phi) is 4.39. The number of ether oxygens (including phenoxy) is 1. The topological polar surface area (TPSA) is 48.1 Å². The maximum atomic E-state index is 5.83. The van der Waals surface area contributed by atoms with Gasteiger partial charge >= 0.3 is 0 Å². The van der Waals surface area contributed by atoms with Crippen molar-refractivity contribution >= 4 is 5.69 Å². The monoisotopic (exact) mass is 256 g/mol. The summed E-state index contributed by atoms with van der Waals surface area (Å²) < 4.78 is 5.83. The lowest BCUT2D eigenvalue weighted by Gasteiger charge is -2.11. The first-order chi connectivity index (χ1) is 9.19. The third kappa shape index (κ3) is 3.71. The van der Waals surface area contributed by atoms with Crippen LogP contribution < -0.4 is 10.5 Å². The average Bonchev–Trinajstić information content (AvgIpc) is 2.40. The molecule has 100 valence electrons. The van der Waals surface area contributed by atoms with E-state index in [1.807, 2.05) is 43.3 Å². The summed E-state index contributed by atoms with van der Waals surface area (Å²) in [6.45, 7) is 4.73. The summed E-state index contributed by atoms with van der Waals surface area (Å²) in [7, 11) is 0. The summed E-state index contributed by atoms with van der Waals surface area (Å²) in [5.74, 6) is 0.921. The number of rotatable bonds is 5. The van der Waals surface area contributed by atoms with Gasteiger partial charge in [-0.3, -0.25) is 4.98 Å². The van der Waals surface area contributed by atoms with Crippen molar-refractivity contribution in [2.45, 2.75) is 26.7 Å². The highest BCUT2D eigenvalue weighted by molar-refractivity contribution is 5.47.